The zero-order valence-electron chi connectivity index (χ0n) is 12.3. The van der Waals surface area contributed by atoms with Crippen molar-refractivity contribution in [1.82, 2.24) is 9.88 Å². The molecule has 21 heavy (non-hydrogen) atoms. The summed E-state index contributed by atoms with van der Waals surface area (Å²) in [5, 5.41) is 1.06. The van der Waals surface area contributed by atoms with Gasteiger partial charge in [0.25, 0.3) is 5.91 Å². The van der Waals surface area contributed by atoms with Crippen LogP contribution in [0, 0.1) is 6.92 Å². The lowest BCUT2D eigenvalue weighted by Crippen LogP contribution is -2.40. The summed E-state index contributed by atoms with van der Waals surface area (Å²) in [6, 6.07) is -0.182. The van der Waals surface area contributed by atoms with Crippen LogP contribution in [0.3, 0.4) is 0 Å². The Hall–Kier alpha value is -0.950. The standard InChI is InChI=1S/C14H20N2O3S2/c1-3-16(11-6-7-21(18,19)8-11)14(17)12-9(2)15-13(20-12)10-4-5-10/h10-11H,3-8H2,1-2H3. The highest BCUT2D eigenvalue weighted by molar-refractivity contribution is 7.91. The summed E-state index contributed by atoms with van der Waals surface area (Å²) in [6.45, 7) is 4.31. The average molecular weight is 328 g/mol. The van der Waals surface area contributed by atoms with Gasteiger partial charge in [0.2, 0.25) is 0 Å². The van der Waals surface area contributed by atoms with Gasteiger partial charge in [-0.2, -0.15) is 0 Å². The van der Waals surface area contributed by atoms with Crippen LogP contribution < -0.4 is 0 Å². The summed E-state index contributed by atoms with van der Waals surface area (Å²) in [6.07, 6.45) is 2.88. The fourth-order valence-corrected chi connectivity index (χ4v) is 5.76. The molecule has 1 saturated carbocycles. The number of thiazole rings is 1. The van der Waals surface area contributed by atoms with Crippen molar-refractivity contribution >= 4 is 27.1 Å². The van der Waals surface area contributed by atoms with Gasteiger partial charge in [-0.1, -0.05) is 0 Å². The van der Waals surface area contributed by atoms with E-state index in [2.05, 4.69) is 4.98 Å². The summed E-state index contributed by atoms with van der Waals surface area (Å²) in [5.74, 6) is 0.773. The molecule has 5 nitrogen and oxygen atoms in total. The van der Waals surface area contributed by atoms with Crippen molar-refractivity contribution in [1.29, 1.82) is 0 Å². The number of carbonyl (C=O) groups is 1. The molecule has 1 aromatic rings. The maximum Gasteiger partial charge on any atom is 0.266 e. The molecule has 0 radical (unpaired) electrons. The molecule has 1 atom stereocenters. The predicted molar refractivity (Wildman–Crippen MR) is 82.6 cm³/mol. The van der Waals surface area contributed by atoms with Gasteiger partial charge in [-0.15, -0.1) is 11.3 Å². The van der Waals surface area contributed by atoms with Crippen molar-refractivity contribution < 1.29 is 13.2 Å². The normalized spacial score (nSPS) is 24.2. The van der Waals surface area contributed by atoms with Crippen LogP contribution in [-0.2, 0) is 9.84 Å². The Morgan fingerprint density at radius 2 is 2.10 bits per heavy atom. The van der Waals surface area contributed by atoms with Crippen LogP contribution in [0.4, 0.5) is 0 Å². The monoisotopic (exact) mass is 328 g/mol. The van der Waals surface area contributed by atoms with Crippen LogP contribution in [-0.4, -0.2) is 48.3 Å². The van der Waals surface area contributed by atoms with E-state index < -0.39 is 9.84 Å². The minimum absolute atomic E-state index is 0.0542. The molecule has 0 N–H and O–H groups in total. The summed E-state index contributed by atoms with van der Waals surface area (Å²) >= 11 is 1.49. The quantitative estimate of drug-likeness (QED) is 0.847. The van der Waals surface area contributed by atoms with E-state index in [1.807, 2.05) is 13.8 Å². The van der Waals surface area contributed by atoms with E-state index in [0.29, 0.717) is 23.8 Å². The lowest BCUT2D eigenvalue weighted by Gasteiger charge is -2.26. The Morgan fingerprint density at radius 1 is 1.38 bits per heavy atom. The van der Waals surface area contributed by atoms with Crippen molar-refractivity contribution in [2.75, 3.05) is 18.1 Å². The van der Waals surface area contributed by atoms with Gasteiger partial charge in [0.15, 0.2) is 9.84 Å². The highest BCUT2D eigenvalue weighted by Crippen LogP contribution is 2.42. The summed E-state index contributed by atoms with van der Waals surface area (Å²) < 4.78 is 23.3. The number of rotatable bonds is 4. The summed E-state index contributed by atoms with van der Waals surface area (Å²) in [4.78, 5) is 19.7. The van der Waals surface area contributed by atoms with Crippen LogP contribution in [0.25, 0.3) is 0 Å². The summed E-state index contributed by atoms with van der Waals surface area (Å²) in [7, 11) is -2.98. The first-order valence-corrected chi connectivity index (χ1v) is 10.0. The number of sulfone groups is 1. The third kappa shape index (κ3) is 2.99. The highest BCUT2D eigenvalue weighted by atomic mass is 32.2. The molecule has 0 spiro atoms. The third-order valence-electron chi connectivity index (χ3n) is 4.18. The minimum atomic E-state index is -2.98. The van der Waals surface area contributed by atoms with Gasteiger partial charge in [0.1, 0.15) is 4.88 Å². The lowest BCUT2D eigenvalue weighted by atomic mass is 10.2. The topological polar surface area (TPSA) is 67.3 Å². The first-order chi connectivity index (χ1) is 9.91. The SMILES string of the molecule is CCN(C(=O)c1sc(C2CC2)nc1C)C1CCS(=O)(=O)C1. The van der Waals surface area contributed by atoms with E-state index in [1.165, 1.54) is 24.2 Å². The van der Waals surface area contributed by atoms with Crippen molar-refractivity contribution in [3.05, 3.63) is 15.6 Å². The van der Waals surface area contributed by atoms with Crippen molar-refractivity contribution in [2.45, 2.75) is 45.1 Å². The molecule has 2 fully saturated rings. The lowest BCUT2D eigenvalue weighted by molar-refractivity contribution is 0.0712. The van der Waals surface area contributed by atoms with Crippen molar-refractivity contribution in [3.8, 4) is 0 Å². The molecule has 1 aliphatic carbocycles. The van der Waals surface area contributed by atoms with Crippen LogP contribution in [0.15, 0.2) is 0 Å². The van der Waals surface area contributed by atoms with E-state index >= 15 is 0 Å². The highest BCUT2D eigenvalue weighted by Gasteiger charge is 2.36. The molecule has 1 saturated heterocycles. The van der Waals surface area contributed by atoms with Gasteiger partial charge in [0.05, 0.1) is 22.2 Å². The molecular weight excluding hydrogens is 308 g/mol. The van der Waals surface area contributed by atoms with E-state index in [4.69, 9.17) is 0 Å². The Morgan fingerprint density at radius 3 is 2.62 bits per heavy atom. The second-order valence-electron chi connectivity index (χ2n) is 5.89. The molecule has 1 aliphatic heterocycles. The minimum Gasteiger partial charge on any atom is -0.334 e. The fourth-order valence-electron chi connectivity index (χ4n) is 2.84. The Kier molecular flexibility index (Phi) is 3.81. The number of hydrogen-bond donors (Lipinski definition) is 0. The zero-order valence-corrected chi connectivity index (χ0v) is 14.0. The largest absolute Gasteiger partial charge is 0.334 e. The molecule has 7 heteroatoms. The van der Waals surface area contributed by atoms with Crippen molar-refractivity contribution in [3.63, 3.8) is 0 Å². The molecule has 1 unspecified atom stereocenters. The zero-order chi connectivity index (χ0) is 15.2. The molecule has 2 aliphatic rings. The van der Waals surface area contributed by atoms with Gasteiger partial charge in [-0.05, 0) is 33.1 Å². The molecule has 2 heterocycles. The van der Waals surface area contributed by atoms with Crippen LogP contribution in [0.1, 0.15) is 52.5 Å². The average Bonchev–Trinajstić information content (AvgIpc) is 3.11. The maximum atomic E-state index is 12.8. The number of amides is 1. The number of nitrogens with zero attached hydrogens (tertiary/aromatic N) is 2. The molecule has 0 aromatic carbocycles. The predicted octanol–water partition coefficient (Wildman–Crippen LogP) is 1.98. The van der Waals surface area contributed by atoms with Crippen LogP contribution in [0.5, 0.6) is 0 Å². The summed E-state index contributed by atoms with van der Waals surface area (Å²) in [5.41, 5.74) is 0.784. The second kappa shape index (κ2) is 5.35. The van der Waals surface area contributed by atoms with Gasteiger partial charge in [-0.25, -0.2) is 13.4 Å². The Balaban J connectivity index is 1.82. The fraction of sp³-hybridized carbons (Fsp3) is 0.714. The number of carbonyl (C=O) groups excluding carboxylic acids is 1. The molecular formula is C14H20N2O3S2. The molecule has 116 valence electrons. The van der Waals surface area contributed by atoms with E-state index in [9.17, 15) is 13.2 Å². The van der Waals surface area contributed by atoms with E-state index in [0.717, 1.165) is 10.7 Å². The second-order valence-corrected chi connectivity index (χ2v) is 9.15. The van der Waals surface area contributed by atoms with E-state index in [-0.39, 0.29) is 23.5 Å². The molecule has 1 aromatic heterocycles. The van der Waals surface area contributed by atoms with Crippen LogP contribution >= 0.6 is 11.3 Å². The van der Waals surface area contributed by atoms with Crippen molar-refractivity contribution in [2.24, 2.45) is 0 Å². The van der Waals surface area contributed by atoms with Gasteiger partial charge < -0.3 is 4.90 Å². The Bertz CT molecular complexity index is 662. The smallest absolute Gasteiger partial charge is 0.266 e. The van der Waals surface area contributed by atoms with Gasteiger partial charge in [-0.3, -0.25) is 4.79 Å². The number of aryl methyl sites for hydroxylation is 1. The van der Waals surface area contributed by atoms with E-state index in [1.54, 1.807) is 4.90 Å². The number of aromatic nitrogens is 1. The third-order valence-corrected chi connectivity index (χ3v) is 7.24. The Labute approximate surface area is 129 Å². The molecule has 3 rings (SSSR count). The van der Waals surface area contributed by atoms with Crippen LogP contribution in [0.2, 0.25) is 0 Å². The first-order valence-electron chi connectivity index (χ1n) is 7.40. The maximum absolute atomic E-state index is 12.8. The van der Waals surface area contributed by atoms with Gasteiger partial charge in [0, 0.05) is 18.5 Å². The number of hydrogen-bond acceptors (Lipinski definition) is 5. The molecule has 1 amide bonds. The van der Waals surface area contributed by atoms with Gasteiger partial charge >= 0.3 is 0 Å². The first kappa shape index (κ1) is 15.0. The molecule has 0 bridgehead atoms.